The number of amides is 1. The molecule has 1 amide bonds. The number of halogens is 4. The highest BCUT2D eigenvalue weighted by Crippen LogP contribution is 2.35. The van der Waals surface area contributed by atoms with E-state index < -0.39 is 23.7 Å². The number of aryl methyl sites for hydroxylation is 1. The van der Waals surface area contributed by atoms with Gasteiger partial charge in [0.15, 0.2) is 0 Å². The van der Waals surface area contributed by atoms with Crippen LogP contribution in [0.3, 0.4) is 0 Å². The Bertz CT molecular complexity index is 586. The minimum atomic E-state index is -4.44. The van der Waals surface area contributed by atoms with Crippen molar-refractivity contribution in [2.75, 3.05) is 0 Å². The molecule has 1 saturated heterocycles. The smallest absolute Gasteiger partial charge is 0.288 e. The van der Waals surface area contributed by atoms with Crippen LogP contribution < -0.4 is 5.43 Å². The summed E-state index contributed by atoms with van der Waals surface area (Å²) in [7, 11) is 0. The maximum atomic E-state index is 13.5. The monoisotopic (exact) mass is 346 g/mol. The van der Waals surface area contributed by atoms with Crippen molar-refractivity contribution in [1.82, 2.24) is 10.4 Å². The van der Waals surface area contributed by atoms with Crippen molar-refractivity contribution in [2.45, 2.75) is 63.7 Å². The average molecular weight is 346 g/mol. The third-order valence-corrected chi connectivity index (χ3v) is 4.31. The van der Waals surface area contributed by atoms with Gasteiger partial charge in [0.05, 0.1) is 0 Å². The zero-order valence-electron chi connectivity index (χ0n) is 13.8. The summed E-state index contributed by atoms with van der Waals surface area (Å²) in [5.74, 6) is -0.738. The summed E-state index contributed by atoms with van der Waals surface area (Å²) >= 11 is 0. The van der Waals surface area contributed by atoms with E-state index in [0.29, 0.717) is 24.8 Å². The van der Waals surface area contributed by atoms with Crippen LogP contribution in [0, 0.1) is 5.82 Å². The topological polar surface area (TPSA) is 32.3 Å². The molecule has 0 bridgehead atoms. The molecule has 134 valence electrons. The average Bonchev–Trinajstić information content (AvgIpc) is 2.72. The number of benzene rings is 1. The summed E-state index contributed by atoms with van der Waals surface area (Å²) in [6, 6.07) is 4.53. The van der Waals surface area contributed by atoms with Crippen molar-refractivity contribution in [3.8, 4) is 0 Å². The van der Waals surface area contributed by atoms with E-state index in [0.717, 1.165) is 5.01 Å². The van der Waals surface area contributed by atoms with Gasteiger partial charge in [-0.15, -0.1) is 0 Å². The van der Waals surface area contributed by atoms with E-state index in [9.17, 15) is 22.4 Å². The Morgan fingerprint density at radius 2 is 1.92 bits per heavy atom. The molecule has 0 aliphatic carbocycles. The zero-order valence-corrected chi connectivity index (χ0v) is 13.8. The van der Waals surface area contributed by atoms with E-state index in [1.54, 1.807) is 32.0 Å². The Hall–Kier alpha value is -1.63. The molecule has 1 atom stereocenters. The molecule has 1 aliphatic rings. The van der Waals surface area contributed by atoms with Crippen molar-refractivity contribution < 1.29 is 22.4 Å². The first kappa shape index (κ1) is 18.7. The standard InChI is InChI=1S/C17H22F4N2O/c1-16(2)11-15(24)22-23(16)14(17(19,20)21)10-6-4-8-12-7-3-5-9-13(12)18/h3,5,7,9,14H,4,6,8,10-11H2,1-2H3,(H,22,24). The summed E-state index contributed by atoms with van der Waals surface area (Å²) in [5.41, 5.74) is 1.96. The number of carbonyl (C=O) groups excluding carboxylic acids is 1. The molecular weight excluding hydrogens is 324 g/mol. The van der Waals surface area contributed by atoms with Gasteiger partial charge in [-0.1, -0.05) is 24.6 Å². The Morgan fingerprint density at radius 1 is 1.25 bits per heavy atom. The molecule has 7 heteroatoms. The molecule has 1 N–H and O–H groups in total. The lowest BCUT2D eigenvalue weighted by atomic mass is 9.97. The fourth-order valence-electron chi connectivity index (χ4n) is 3.10. The van der Waals surface area contributed by atoms with E-state index in [-0.39, 0.29) is 18.7 Å². The third kappa shape index (κ3) is 4.47. The number of carbonyl (C=O) groups is 1. The number of hydrogen-bond donors (Lipinski definition) is 1. The van der Waals surface area contributed by atoms with E-state index in [1.807, 2.05) is 0 Å². The summed E-state index contributed by atoms with van der Waals surface area (Å²) in [6.45, 7) is 3.23. The third-order valence-electron chi connectivity index (χ3n) is 4.31. The first-order chi connectivity index (χ1) is 11.1. The number of hydrazine groups is 1. The summed E-state index contributed by atoms with van der Waals surface area (Å²) in [6.07, 6.45) is -3.40. The lowest BCUT2D eigenvalue weighted by Gasteiger charge is -2.37. The maximum Gasteiger partial charge on any atom is 0.405 e. The quantitative estimate of drug-likeness (QED) is 0.624. The van der Waals surface area contributed by atoms with Crippen molar-refractivity contribution in [2.24, 2.45) is 0 Å². The van der Waals surface area contributed by atoms with Crippen LogP contribution in [0.2, 0.25) is 0 Å². The van der Waals surface area contributed by atoms with E-state index >= 15 is 0 Å². The van der Waals surface area contributed by atoms with Gasteiger partial charge in [-0.3, -0.25) is 10.2 Å². The molecule has 1 aromatic rings. The minimum absolute atomic E-state index is 0.0365. The lowest BCUT2D eigenvalue weighted by Crippen LogP contribution is -2.56. The van der Waals surface area contributed by atoms with Crippen LogP contribution in [0.4, 0.5) is 17.6 Å². The molecular formula is C17H22F4N2O. The molecule has 24 heavy (non-hydrogen) atoms. The molecule has 1 aliphatic heterocycles. The van der Waals surface area contributed by atoms with Gasteiger partial charge in [0.25, 0.3) is 0 Å². The molecule has 1 fully saturated rings. The van der Waals surface area contributed by atoms with Crippen LogP contribution in [0.25, 0.3) is 0 Å². The van der Waals surface area contributed by atoms with Crippen LogP contribution in [0.5, 0.6) is 0 Å². The van der Waals surface area contributed by atoms with Crippen LogP contribution in [-0.4, -0.2) is 28.7 Å². The van der Waals surface area contributed by atoms with Crippen LogP contribution in [-0.2, 0) is 11.2 Å². The second-order valence-electron chi connectivity index (χ2n) is 6.79. The maximum absolute atomic E-state index is 13.5. The minimum Gasteiger partial charge on any atom is -0.288 e. The van der Waals surface area contributed by atoms with Gasteiger partial charge in [0.2, 0.25) is 5.91 Å². The molecule has 0 saturated carbocycles. The number of rotatable bonds is 6. The largest absolute Gasteiger partial charge is 0.405 e. The molecule has 3 nitrogen and oxygen atoms in total. The fraction of sp³-hybridized carbons (Fsp3) is 0.588. The highest BCUT2D eigenvalue weighted by Gasteiger charge is 2.51. The summed E-state index contributed by atoms with van der Waals surface area (Å²) < 4.78 is 53.7. The number of nitrogens with zero attached hydrogens (tertiary/aromatic N) is 1. The van der Waals surface area contributed by atoms with Gasteiger partial charge in [-0.05, 0) is 44.7 Å². The van der Waals surface area contributed by atoms with Crippen LogP contribution in [0.1, 0.15) is 45.1 Å². The van der Waals surface area contributed by atoms with Crippen molar-refractivity contribution in [3.63, 3.8) is 0 Å². The van der Waals surface area contributed by atoms with Gasteiger partial charge >= 0.3 is 6.18 Å². The van der Waals surface area contributed by atoms with Crippen LogP contribution in [0.15, 0.2) is 24.3 Å². The fourth-order valence-corrected chi connectivity index (χ4v) is 3.10. The molecule has 1 heterocycles. The number of unbranched alkanes of at least 4 members (excludes halogenated alkanes) is 1. The second kappa shape index (κ2) is 7.09. The molecule has 0 aromatic heterocycles. The normalized spacial score (nSPS) is 19.3. The highest BCUT2D eigenvalue weighted by molar-refractivity contribution is 5.78. The highest BCUT2D eigenvalue weighted by atomic mass is 19.4. The Morgan fingerprint density at radius 3 is 2.46 bits per heavy atom. The predicted octanol–water partition coefficient (Wildman–Crippen LogP) is 3.98. The van der Waals surface area contributed by atoms with Gasteiger partial charge < -0.3 is 0 Å². The number of nitrogens with one attached hydrogen (secondary N) is 1. The second-order valence-corrected chi connectivity index (χ2v) is 6.79. The molecule has 0 spiro atoms. The molecule has 0 radical (unpaired) electrons. The van der Waals surface area contributed by atoms with Crippen molar-refractivity contribution >= 4 is 5.91 Å². The van der Waals surface area contributed by atoms with Gasteiger partial charge in [-0.2, -0.15) is 13.2 Å². The number of hydrogen-bond acceptors (Lipinski definition) is 2. The molecule has 1 unspecified atom stereocenters. The van der Waals surface area contributed by atoms with Crippen molar-refractivity contribution in [3.05, 3.63) is 35.6 Å². The Kier molecular flexibility index (Phi) is 5.52. The SMILES string of the molecule is CC1(C)CC(=O)NN1C(CCCCc1ccccc1F)C(F)(F)F. The molecule has 1 aromatic carbocycles. The zero-order chi connectivity index (χ0) is 18.0. The van der Waals surface area contributed by atoms with Gasteiger partial charge in [-0.25, -0.2) is 9.40 Å². The van der Waals surface area contributed by atoms with Crippen LogP contribution >= 0.6 is 0 Å². The predicted molar refractivity (Wildman–Crippen MR) is 82.5 cm³/mol. The first-order valence-electron chi connectivity index (χ1n) is 8.00. The summed E-state index contributed by atoms with van der Waals surface area (Å²) in [5, 5.41) is 1.03. The first-order valence-corrected chi connectivity index (χ1v) is 8.00. The van der Waals surface area contributed by atoms with Crippen molar-refractivity contribution in [1.29, 1.82) is 0 Å². The van der Waals surface area contributed by atoms with E-state index in [2.05, 4.69) is 5.43 Å². The summed E-state index contributed by atoms with van der Waals surface area (Å²) in [4.78, 5) is 11.5. The van der Waals surface area contributed by atoms with E-state index in [1.165, 1.54) is 6.07 Å². The van der Waals surface area contributed by atoms with Gasteiger partial charge in [0.1, 0.15) is 11.9 Å². The Balaban J connectivity index is 1.96. The molecule has 2 rings (SSSR count). The lowest BCUT2D eigenvalue weighted by molar-refractivity contribution is -0.202. The number of alkyl halides is 3. The van der Waals surface area contributed by atoms with Gasteiger partial charge in [0, 0.05) is 12.0 Å². The Labute approximate surface area is 139 Å². The van der Waals surface area contributed by atoms with E-state index in [4.69, 9.17) is 0 Å².